The van der Waals surface area contributed by atoms with Crippen LogP contribution in [0.25, 0.3) is 10.9 Å². The molecule has 2 atom stereocenters. The zero-order valence-electron chi connectivity index (χ0n) is 14.6. The summed E-state index contributed by atoms with van der Waals surface area (Å²) in [5.74, 6) is -0.536. The van der Waals surface area contributed by atoms with Gasteiger partial charge in [0.1, 0.15) is 16.6 Å². The molecular weight excluding hydrogens is 433 g/mol. The molecule has 0 bridgehead atoms. The molecule has 1 N–H and O–H groups in total. The molecule has 1 saturated heterocycles. The molecule has 0 spiro atoms. The molecule has 4 nitrogen and oxygen atoms in total. The Morgan fingerprint density at radius 1 is 1.35 bits per heavy atom. The second-order valence-corrected chi connectivity index (χ2v) is 10.1. The maximum atomic E-state index is 14.1. The molecule has 1 unspecified atom stereocenters. The number of aromatic nitrogens is 1. The van der Waals surface area contributed by atoms with Crippen LogP contribution in [0.4, 0.5) is 13.2 Å². The minimum absolute atomic E-state index is 0.00930. The summed E-state index contributed by atoms with van der Waals surface area (Å²) < 4.78 is 63.2. The van der Waals surface area contributed by atoms with Gasteiger partial charge in [-0.2, -0.15) is 0 Å². The molecule has 1 aliphatic heterocycles. The molecule has 9 heteroatoms. The van der Waals surface area contributed by atoms with Crippen molar-refractivity contribution in [2.24, 2.45) is 0 Å². The zero-order valence-corrected chi connectivity index (χ0v) is 17.0. The summed E-state index contributed by atoms with van der Waals surface area (Å²) in [4.78, 5) is 0. The van der Waals surface area contributed by atoms with E-state index in [1.807, 2.05) is 4.57 Å². The zero-order chi connectivity index (χ0) is 19.2. The predicted molar refractivity (Wildman–Crippen MR) is 99.2 cm³/mol. The average molecular weight is 453 g/mol. The number of benzene rings is 1. The van der Waals surface area contributed by atoms with E-state index in [-0.39, 0.29) is 16.1 Å². The largest absolute Gasteiger partial charge is 0.598 e. The number of nitrogens with one attached hydrogen (secondary N) is 1. The van der Waals surface area contributed by atoms with Crippen LogP contribution in [-0.2, 0) is 16.1 Å². The van der Waals surface area contributed by atoms with Gasteiger partial charge in [0.15, 0.2) is 0 Å². The van der Waals surface area contributed by atoms with Crippen molar-refractivity contribution in [1.82, 2.24) is 9.29 Å². The maximum Gasteiger partial charge on any atom is 0.262 e. The number of fused-ring (bicyclic) bond motifs is 1. The van der Waals surface area contributed by atoms with Crippen molar-refractivity contribution in [3.63, 3.8) is 0 Å². The summed E-state index contributed by atoms with van der Waals surface area (Å²) in [6, 6.07) is 1.35. The molecule has 2 heterocycles. The molecule has 0 aliphatic carbocycles. The number of alkyl halides is 2. The lowest BCUT2D eigenvalue weighted by molar-refractivity contribution is -0.0215. The molecule has 0 radical (unpaired) electrons. The molecule has 1 aromatic heterocycles. The molecule has 0 saturated carbocycles. The Kier molecular flexibility index (Phi) is 5.66. The quantitative estimate of drug-likeness (QED) is 0.680. The molecule has 1 aliphatic rings. The van der Waals surface area contributed by atoms with Crippen LogP contribution in [0.5, 0.6) is 0 Å². The minimum Gasteiger partial charge on any atom is -0.598 e. The maximum absolute atomic E-state index is 14.1. The van der Waals surface area contributed by atoms with Gasteiger partial charge < -0.3 is 13.9 Å². The summed E-state index contributed by atoms with van der Waals surface area (Å²) in [6.07, 6.45) is -1.21. The van der Waals surface area contributed by atoms with Crippen molar-refractivity contribution in [3.05, 3.63) is 34.2 Å². The van der Waals surface area contributed by atoms with Gasteiger partial charge in [-0.1, -0.05) is 0 Å². The van der Waals surface area contributed by atoms with E-state index in [0.29, 0.717) is 24.1 Å². The Morgan fingerprint density at radius 3 is 2.50 bits per heavy atom. The number of ether oxygens (including phenoxy) is 1. The van der Waals surface area contributed by atoms with Gasteiger partial charge >= 0.3 is 0 Å². The second-order valence-electron chi connectivity index (χ2n) is 7.28. The normalized spacial score (nSPS) is 18.3. The minimum atomic E-state index is -2.80. The standard InChI is InChI=1S/C17H20BrF3N2O2S/c1-17(2,3)26(24)22-15(16(20)21)11-6-23(9-7-25-8-9)14-5-12(18)13(19)4-10(11)14/h4-6,9,15-16,22H,7-8H2,1-3H3/t15?,26-/m0/s1. The first kappa shape index (κ1) is 20.0. The number of hydrogen-bond acceptors (Lipinski definition) is 3. The highest BCUT2D eigenvalue weighted by Crippen LogP contribution is 2.37. The van der Waals surface area contributed by atoms with Crippen LogP contribution in [-0.4, -0.2) is 33.5 Å². The Balaban J connectivity index is 2.10. The van der Waals surface area contributed by atoms with Crippen molar-refractivity contribution in [2.45, 2.75) is 44.0 Å². The molecule has 26 heavy (non-hydrogen) atoms. The van der Waals surface area contributed by atoms with Gasteiger partial charge in [-0.05, 0) is 48.8 Å². The van der Waals surface area contributed by atoms with E-state index in [1.54, 1.807) is 33.0 Å². The molecule has 144 valence electrons. The van der Waals surface area contributed by atoms with E-state index in [4.69, 9.17) is 4.74 Å². The van der Waals surface area contributed by atoms with Gasteiger partial charge in [0.05, 0.1) is 29.2 Å². The van der Waals surface area contributed by atoms with E-state index in [2.05, 4.69) is 20.7 Å². The van der Waals surface area contributed by atoms with Gasteiger partial charge in [-0.15, -0.1) is 4.72 Å². The molecule has 1 fully saturated rings. The Bertz CT molecular complexity index is 805. The van der Waals surface area contributed by atoms with Gasteiger partial charge in [0.25, 0.3) is 6.43 Å². The van der Waals surface area contributed by atoms with Gasteiger partial charge in [0.2, 0.25) is 0 Å². The van der Waals surface area contributed by atoms with Crippen molar-refractivity contribution >= 4 is 38.2 Å². The monoisotopic (exact) mass is 452 g/mol. The van der Waals surface area contributed by atoms with Crippen molar-refractivity contribution < 1.29 is 22.5 Å². The van der Waals surface area contributed by atoms with Crippen LogP contribution in [0.1, 0.15) is 38.4 Å². The van der Waals surface area contributed by atoms with Crippen LogP contribution >= 0.6 is 15.9 Å². The summed E-state index contributed by atoms with van der Waals surface area (Å²) >= 11 is 1.45. The van der Waals surface area contributed by atoms with Crippen LogP contribution in [0.2, 0.25) is 0 Å². The Morgan fingerprint density at radius 2 is 2.00 bits per heavy atom. The van der Waals surface area contributed by atoms with E-state index in [1.165, 1.54) is 6.07 Å². The molecule has 1 aromatic carbocycles. The summed E-state index contributed by atoms with van der Waals surface area (Å²) in [6.45, 7) is 6.04. The first-order valence-corrected chi connectivity index (χ1v) is 10.1. The first-order valence-electron chi connectivity index (χ1n) is 8.13. The van der Waals surface area contributed by atoms with E-state index >= 15 is 0 Å². The van der Waals surface area contributed by atoms with Crippen molar-refractivity contribution in [3.8, 4) is 0 Å². The number of nitrogens with zero attached hydrogens (tertiary/aromatic N) is 1. The van der Waals surface area contributed by atoms with Crippen LogP contribution in [0.3, 0.4) is 0 Å². The smallest absolute Gasteiger partial charge is 0.262 e. The van der Waals surface area contributed by atoms with Gasteiger partial charge in [-0.3, -0.25) is 0 Å². The Hall–Kier alpha value is -0.740. The third-order valence-corrected chi connectivity index (χ3v) is 6.49. The fraction of sp³-hybridized carbons (Fsp3) is 0.529. The van der Waals surface area contributed by atoms with E-state index in [9.17, 15) is 17.7 Å². The summed E-state index contributed by atoms with van der Waals surface area (Å²) in [7, 11) is 0. The summed E-state index contributed by atoms with van der Waals surface area (Å²) in [5.41, 5.74) is 0.862. The lowest BCUT2D eigenvalue weighted by atomic mass is 10.1. The van der Waals surface area contributed by atoms with E-state index in [0.717, 1.165) is 0 Å². The van der Waals surface area contributed by atoms with Crippen LogP contribution in [0.15, 0.2) is 22.8 Å². The molecule has 2 aromatic rings. The molecule has 0 amide bonds. The van der Waals surface area contributed by atoms with Gasteiger partial charge in [-0.25, -0.2) is 13.2 Å². The van der Waals surface area contributed by atoms with Gasteiger partial charge in [0, 0.05) is 28.5 Å². The predicted octanol–water partition coefficient (Wildman–Crippen LogP) is 4.47. The van der Waals surface area contributed by atoms with Crippen LogP contribution in [0, 0.1) is 5.82 Å². The highest BCUT2D eigenvalue weighted by atomic mass is 79.9. The highest BCUT2D eigenvalue weighted by Gasteiger charge is 2.36. The van der Waals surface area contributed by atoms with E-state index < -0.39 is 34.4 Å². The third-order valence-electron chi connectivity index (χ3n) is 4.30. The van der Waals surface area contributed by atoms with Crippen LogP contribution < -0.4 is 4.72 Å². The fourth-order valence-electron chi connectivity index (χ4n) is 2.75. The lowest BCUT2D eigenvalue weighted by Gasteiger charge is -2.29. The molecular formula is C17H20BrF3N2O2S. The Labute approximate surface area is 161 Å². The third kappa shape index (κ3) is 3.77. The van der Waals surface area contributed by atoms with Crippen molar-refractivity contribution in [2.75, 3.05) is 13.2 Å². The SMILES string of the molecule is CC(C)(C)[S@+]([O-])NC(c1cn(C2COC2)c2cc(Br)c(F)cc12)C(F)F. The first-order chi connectivity index (χ1) is 12.1. The summed E-state index contributed by atoms with van der Waals surface area (Å²) in [5, 5.41) is 0.376. The van der Waals surface area contributed by atoms with Crippen molar-refractivity contribution in [1.29, 1.82) is 0 Å². The second kappa shape index (κ2) is 7.35. The highest BCUT2D eigenvalue weighted by molar-refractivity contribution is 9.10. The lowest BCUT2D eigenvalue weighted by Crippen LogP contribution is -2.43. The average Bonchev–Trinajstić information content (AvgIpc) is 2.80. The number of halogens is 4. The fourth-order valence-corrected chi connectivity index (χ4v) is 3.89. The molecule has 3 rings (SSSR count). The topological polar surface area (TPSA) is 49.2 Å². The number of hydrogen-bond donors (Lipinski definition) is 1. The number of rotatable bonds is 5.